The van der Waals surface area contributed by atoms with Crippen molar-refractivity contribution in [2.45, 2.75) is 65.8 Å². The van der Waals surface area contributed by atoms with Gasteiger partial charge in [-0.3, -0.25) is 4.79 Å². The summed E-state index contributed by atoms with van der Waals surface area (Å²) in [6.07, 6.45) is -0.704. The van der Waals surface area contributed by atoms with Crippen LogP contribution in [0.4, 0.5) is 4.79 Å². The van der Waals surface area contributed by atoms with E-state index >= 15 is 0 Å². The Morgan fingerprint density at radius 3 is 1.91 bits per heavy atom. The van der Waals surface area contributed by atoms with E-state index in [1.54, 1.807) is 20.8 Å². The first-order valence-electron chi connectivity index (χ1n) is 10.6. The molecule has 2 rings (SSSR count). The molecule has 0 aliphatic carbocycles. The van der Waals surface area contributed by atoms with Crippen molar-refractivity contribution in [1.29, 1.82) is 0 Å². The van der Waals surface area contributed by atoms with E-state index in [1.165, 1.54) is 19.4 Å². The van der Waals surface area contributed by atoms with Crippen LogP contribution in [0.25, 0.3) is 11.1 Å². The molecule has 0 radical (unpaired) electrons. The fourth-order valence-electron chi connectivity index (χ4n) is 2.77. The van der Waals surface area contributed by atoms with Crippen LogP contribution < -0.4 is 10.6 Å². The highest BCUT2D eigenvalue weighted by molar-refractivity contribution is 5.89. The van der Waals surface area contributed by atoms with Crippen LogP contribution in [0.3, 0.4) is 0 Å². The summed E-state index contributed by atoms with van der Waals surface area (Å²) in [5.74, 6) is -1.08. The van der Waals surface area contributed by atoms with Crippen molar-refractivity contribution in [3.63, 3.8) is 0 Å². The number of esters is 1. The molecular weight excluding hydrogens is 408 g/mol. The highest BCUT2D eigenvalue weighted by atomic mass is 16.6. The van der Waals surface area contributed by atoms with Gasteiger partial charge in [-0.05, 0) is 58.2 Å². The van der Waals surface area contributed by atoms with Crippen LogP contribution >= 0.6 is 0 Å². The smallest absolute Gasteiger partial charge is 0.408 e. The first kappa shape index (κ1) is 24.9. The average Bonchev–Trinajstić information content (AvgIpc) is 2.71. The van der Waals surface area contributed by atoms with E-state index in [4.69, 9.17) is 9.47 Å². The number of hydrogen-bond acceptors (Lipinski definition) is 5. The zero-order chi connectivity index (χ0) is 23.9. The largest absolute Gasteiger partial charge is 0.459 e. The molecule has 2 aromatic carbocycles. The van der Waals surface area contributed by atoms with Crippen molar-refractivity contribution in [3.05, 3.63) is 59.7 Å². The molecule has 0 aromatic heterocycles. The van der Waals surface area contributed by atoms with Gasteiger partial charge in [0, 0.05) is 0 Å². The minimum atomic E-state index is -0.866. The lowest BCUT2D eigenvalue weighted by Crippen LogP contribution is -2.50. The Hall–Kier alpha value is -3.35. The van der Waals surface area contributed by atoms with Crippen LogP contribution in [-0.2, 0) is 25.7 Å². The number of aryl methyl sites for hydroxylation is 1. The molecule has 0 spiro atoms. The fraction of sp³-hybridized carbons (Fsp3) is 0.400. The molecule has 0 heterocycles. The molecule has 2 amide bonds. The number of nitrogens with one attached hydrogen (secondary N) is 2. The third-order valence-electron chi connectivity index (χ3n) is 4.56. The summed E-state index contributed by atoms with van der Waals surface area (Å²) in [5, 5.41) is 4.97. The maximum Gasteiger partial charge on any atom is 0.408 e. The fourth-order valence-corrected chi connectivity index (χ4v) is 2.77. The number of alkyl carbamates (subject to hydrolysis) is 1. The number of carbonyl (C=O) groups is 3. The minimum Gasteiger partial charge on any atom is -0.459 e. The molecule has 2 unspecified atom stereocenters. The van der Waals surface area contributed by atoms with E-state index in [2.05, 4.69) is 34.9 Å². The Morgan fingerprint density at radius 2 is 1.38 bits per heavy atom. The molecule has 0 saturated heterocycles. The number of hydrogen-bond donors (Lipinski definition) is 2. The van der Waals surface area contributed by atoms with Gasteiger partial charge in [0.05, 0.1) is 0 Å². The Balaban J connectivity index is 1.81. The molecule has 0 fully saturated rings. The molecule has 2 aromatic rings. The quantitative estimate of drug-likeness (QED) is 0.632. The van der Waals surface area contributed by atoms with Gasteiger partial charge in [-0.15, -0.1) is 0 Å². The predicted molar refractivity (Wildman–Crippen MR) is 123 cm³/mol. The number of benzene rings is 2. The summed E-state index contributed by atoms with van der Waals surface area (Å²) in [7, 11) is 0. The second kappa shape index (κ2) is 10.8. The van der Waals surface area contributed by atoms with E-state index < -0.39 is 35.7 Å². The summed E-state index contributed by atoms with van der Waals surface area (Å²) >= 11 is 0. The molecule has 7 heteroatoms. The normalized spacial score (nSPS) is 12.9. The Morgan fingerprint density at radius 1 is 0.844 bits per heavy atom. The van der Waals surface area contributed by atoms with E-state index in [0.717, 1.165) is 16.7 Å². The Labute approximate surface area is 189 Å². The number of carbonyl (C=O) groups excluding carboxylic acids is 3. The molecule has 2 N–H and O–H groups in total. The summed E-state index contributed by atoms with van der Waals surface area (Å²) in [4.78, 5) is 36.3. The summed E-state index contributed by atoms with van der Waals surface area (Å²) in [6, 6.07) is 14.3. The number of amides is 2. The number of ether oxygens (including phenoxy) is 2. The topological polar surface area (TPSA) is 93.7 Å². The van der Waals surface area contributed by atoms with Crippen molar-refractivity contribution in [3.8, 4) is 11.1 Å². The lowest BCUT2D eigenvalue weighted by molar-refractivity contribution is -0.148. The van der Waals surface area contributed by atoms with Crippen molar-refractivity contribution < 1.29 is 23.9 Å². The van der Waals surface area contributed by atoms with Crippen LogP contribution in [-0.4, -0.2) is 35.7 Å². The second-order valence-corrected chi connectivity index (χ2v) is 8.77. The zero-order valence-electron chi connectivity index (χ0n) is 19.5. The van der Waals surface area contributed by atoms with E-state index in [1.807, 2.05) is 31.2 Å². The molecule has 172 valence electrons. The zero-order valence-corrected chi connectivity index (χ0v) is 19.5. The number of rotatable bonds is 7. The van der Waals surface area contributed by atoms with E-state index in [0.29, 0.717) is 0 Å². The predicted octanol–water partition coefficient (Wildman–Crippen LogP) is 4.12. The molecule has 0 aliphatic rings. The first-order valence-corrected chi connectivity index (χ1v) is 10.6. The van der Waals surface area contributed by atoms with Crippen molar-refractivity contribution in [1.82, 2.24) is 10.6 Å². The van der Waals surface area contributed by atoms with Crippen LogP contribution in [0.2, 0.25) is 0 Å². The van der Waals surface area contributed by atoms with Gasteiger partial charge in [-0.2, -0.15) is 0 Å². The highest BCUT2D eigenvalue weighted by Gasteiger charge is 2.24. The molecule has 7 nitrogen and oxygen atoms in total. The maximum absolute atomic E-state index is 12.3. The van der Waals surface area contributed by atoms with Gasteiger partial charge in [0.1, 0.15) is 24.3 Å². The molecule has 32 heavy (non-hydrogen) atoms. The first-order chi connectivity index (χ1) is 14.9. The highest BCUT2D eigenvalue weighted by Crippen LogP contribution is 2.20. The lowest BCUT2D eigenvalue weighted by Gasteiger charge is -2.22. The Bertz CT molecular complexity index is 930. The maximum atomic E-state index is 12.3. The molecule has 0 saturated carbocycles. The monoisotopic (exact) mass is 440 g/mol. The summed E-state index contributed by atoms with van der Waals surface area (Å²) < 4.78 is 10.4. The van der Waals surface area contributed by atoms with E-state index in [-0.39, 0.29) is 6.61 Å². The van der Waals surface area contributed by atoms with Crippen molar-refractivity contribution >= 4 is 18.0 Å². The van der Waals surface area contributed by atoms with Gasteiger partial charge in [0.25, 0.3) is 0 Å². The average molecular weight is 441 g/mol. The molecule has 0 bridgehead atoms. The third-order valence-corrected chi connectivity index (χ3v) is 4.56. The minimum absolute atomic E-state index is 0.0962. The molecule has 2 atom stereocenters. The van der Waals surface area contributed by atoms with Gasteiger partial charge in [0.15, 0.2) is 0 Å². The lowest BCUT2D eigenvalue weighted by atomic mass is 10.0. The van der Waals surface area contributed by atoms with Gasteiger partial charge in [-0.1, -0.05) is 54.1 Å². The van der Waals surface area contributed by atoms with Crippen LogP contribution in [0.5, 0.6) is 0 Å². The van der Waals surface area contributed by atoms with Gasteiger partial charge in [0.2, 0.25) is 5.91 Å². The van der Waals surface area contributed by atoms with Crippen molar-refractivity contribution in [2.24, 2.45) is 0 Å². The van der Waals surface area contributed by atoms with Crippen molar-refractivity contribution in [2.75, 3.05) is 0 Å². The van der Waals surface area contributed by atoms with Crippen LogP contribution in [0.15, 0.2) is 48.5 Å². The second-order valence-electron chi connectivity index (χ2n) is 8.77. The molecule has 0 aliphatic heterocycles. The van der Waals surface area contributed by atoms with Gasteiger partial charge >= 0.3 is 12.1 Å². The van der Waals surface area contributed by atoms with Crippen LogP contribution in [0, 0.1) is 6.92 Å². The summed E-state index contributed by atoms with van der Waals surface area (Å²) in [6.45, 7) is 10.4. The van der Waals surface area contributed by atoms with Gasteiger partial charge in [-0.25, -0.2) is 9.59 Å². The van der Waals surface area contributed by atoms with Crippen LogP contribution in [0.1, 0.15) is 45.7 Å². The van der Waals surface area contributed by atoms with E-state index in [9.17, 15) is 14.4 Å². The standard InChI is InChI=1S/C25H32N2O5/c1-16-7-11-20(12-8-16)21-13-9-19(10-14-21)15-31-23(29)18(3)26-22(28)17(2)27-24(30)32-25(4,5)6/h7-14,17-18H,15H2,1-6H3,(H,26,28)(H,27,30). The third kappa shape index (κ3) is 8.06. The Kier molecular flexibility index (Phi) is 8.41. The summed E-state index contributed by atoms with van der Waals surface area (Å²) in [5.41, 5.74) is 3.56. The van der Waals surface area contributed by atoms with Gasteiger partial charge < -0.3 is 20.1 Å². The SMILES string of the molecule is Cc1ccc(-c2ccc(COC(=O)C(C)NC(=O)C(C)NC(=O)OC(C)(C)C)cc2)cc1. The molecular formula is C25H32N2O5.